The lowest BCUT2D eigenvalue weighted by molar-refractivity contribution is -0.123. The number of para-hydroxylation sites is 1. The molecule has 102 valence electrons. The molecular weight excluding hydrogens is 371 g/mol. The summed E-state index contributed by atoms with van der Waals surface area (Å²) >= 11 is 7.38. The van der Waals surface area contributed by atoms with Gasteiger partial charge < -0.3 is 11.1 Å². The highest BCUT2D eigenvalue weighted by Gasteiger charge is 2.42. The topological polar surface area (TPSA) is 55.1 Å². The molecule has 1 aromatic carbocycles. The van der Waals surface area contributed by atoms with Crippen LogP contribution in [-0.2, 0) is 4.79 Å². The molecule has 0 bridgehead atoms. The summed E-state index contributed by atoms with van der Waals surface area (Å²) in [7, 11) is 0. The Morgan fingerprint density at radius 3 is 2.47 bits per heavy atom. The van der Waals surface area contributed by atoms with Gasteiger partial charge in [-0.05, 0) is 47.6 Å². The molecule has 0 unspecified atom stereocenters. The second kappa shape index (κ2) is 6.17. The van der Waals surface area contributed by atoms with Crippen LogP contribution < -0.4 is 11.1 Å². The Bertz CT molecular complexity index is 498. The summed E-state index contributed by atoms with van der Waals surface area (Å²) in [6.45, 7) is 0. The lowest BCUT2D eigenvalue weighted by Gasteiger charge is -2.34. The first-order valence-corrected chi connectivity index (χ1v) is 7.91. The average molecular weight is 388 g/mol. The van der Waals surface area contributed by atoms with Crippen LogP contribution >= 0.6 is 34.8 Å². The highest BCUT2D eigenvalue weighted by Crippen LogP contribution is 2.38. The summed E-state index contributed by atoms with van der Waals surface area (Å²) in [6, 6.07) is 7.72. The van der Waals surface area contributed by atoms with Gasteiger partial charge in [0.05, 0.1) is 16.1 Å². The van der Waals surface area contributed by atoms with Crippen LogP contribution in [0.15, 0.2) is 24.3 Å². The molecule has 3 N–H and O–H groups in total. The molecule has 0 heterocycles. The Morgan fingerprint density at radius 1 is 1.26 bits per heavy atom. The number of amides is 1. The van der Waals surface area contributed by atoms with Crippen molar-refractivity contribution in [3.8, 4) is 0 Å². The lowest BCUT2D eigenvalue weighted by Crippen LogP contribution is -2.47. The van der Waals surface area contributed by atoms with E-state index < -0.39 is 5.41 Å². The molecule has 19 heavy (non-hydrogen) atoms. The number of nitrogens with two attached hydrogens (primary N) is 1. The Labute approximate surface area is 132 Å². The van der Waals surface area contributed by atoms with E-state index >= 15 is 0 Å². The quantitative estimate of drug-likeness (QED) is 0.616. The van der Waals surface area contributed by atoms with Crippen LogP contribution in [-0.4, -0.2) is 10.9 Å². The molecule has 0 atom stereocenters. The van der Waals surface area contributed by atoms with Gasteiger partial charge in [-0.2, -0.15) is 0 Å². The predicted octanol–water partition coefficient (Wildman–Crippen LogP) is 3.47. The summed E-state index contributed by atoms with van der Waals surface area (Å²) < 4.78 is 1.02. The lowest BCUT2D eigenvalue weighted by atomic mass is 9.73. The minimum atomic E-state index is -0.660. The van der Waals surface area contributed by atoms with Gasteiger partial charge in [-0.25, -0.2) is 0 Å². The van der Waals surface area contributed by atoms with E-state index in [2.05, 4.69) is 27.9 Å². The molecule has 0 saturated heterocycles. The first-order valence-electron chi connectivity index (χ1n) is 6.42. The van der Waals surface area contributed by atoms with E-state index in [0.29, 0.717) is 4.99 Å². The van der Waals surface area contributed by atoms with Crippen molar-refractivity contribution in [2.24, 2.45) is 11.1 Å². The van der Waals surface area contributed by atoms with E-state index in [-0.39, 0.29) is 5.91 Å². The average Bonchev–Trinajstić information content (AvgIpc) is 2.42. The number of benzene rings is 1. The third kappa shape index (κ3) is 3.08. The molecular formula is C14H17IN2OS. The number of thiocarbonyl (C=S) groups is 1. The zero-order valence-corrected chi connectivity index (χ0v) is 13.6. The van der Waals surface area contributed by atoms with Gasteiger partial charge in [-0.3, -0.25) is 4.79 Å². The number of nitrogens with one attached hydrogen (secondary N) is 1. The van der Waals surface area contributed by atoms with E-state index in [1.54, 1.807) is 0 Å². The number of halogens is 1. The summed E-state index contributed by atoms with van der Waals surface area (Å²) in [5.41, 5.74) is 6.03. The maximum Gasteiger partial charge on any atom is 0.237 e. The third-order valence-electron chi connectivity index (χ3n) is 3.74. The summed E-state index contributed by atoms with van der Waals surface area (Å²) in [5.74, 6) is -0.0520. The first-order chi connectivity index (χ1) is 9.06. The molecule has 1 saturated carbocycles. The molecule has 1 amide bonds. The van der Waals surface area contributed by atoms with Crippen LogP contribution in [0.2, 0.25) is 0 Å². The SMILES string of the molecule is NC(=S)C1(C(=O)Nc2ccccc2I)CCCCC1. The molecule has 1 aliphatic rings. The van der Waals surface area contributed by atoms with Gasteiger partial charge in [0.1, 0.15) is 0 Å². The van der Waals surface area contributed by atoms with E-state index in [1.165, 1.54) is 0 Å². The van der Waals surface area contributed by atoms with Crippen LogP contribution in [0.1, 0.15) is 32.1 Å². The number of hydrogen-bond donors (Lipinski definition) is 2. The van der Waals surface area contributed by atoms with Crippen molar-refractivity contribution in [3.05, 3.63) is 27.8 Å². The number of hydrogen-bond acceptors (Lipinski definition) is 2. The Hall–Kier alpha value is -0.690. The van der Waals surface area contributed by atoms with Gasteiger partial charge in [0.2, 0.25) is 5.91 Å². The third-order valence-corrected chi connectivity index (χ3v) is 5.07. The Morgan fingerprint density at radius 2 is 1.89 bits per heavy atom. The molecule has 0 radical (unpaired) electrons. The zero-order valence-electron chi connectivity index (χ0n) is 10.6. The monoisotopic (exact) mass is 388 g/mol. The highest BCUT2D eigenvalue weighted by atomic mass is 127. The minimum Gasteiger partial charge on any atom is -0.392 e. The van der Waals surface area contributed by atoms with Crippen LogP contribution in [0.25, 0.3) is 0 Å². The van der Waals surface area contributed by atoms with Crippen molar-refractivity contribution < 1.29 is 4.79 Å². The van der Waals surface area contributed by atoms with Crippen molar-refractivity contribution >= 4 is 51.4 Å². The summed E-state index contributed by atoms with van der Waals surface area (Å²) in [4.78, 5) is 12.9. The van der Waals surface area contributed by atoms with Gasteiger partial charge in [0.15, 0.2) is 0 Å². The van der Waals surface area contributed by atoms with Crippen LogP contribution in [0.4, 0.5) is 5.69 Å². The largest absolute Gasteiger partial charge is 0.392 e. The Kier molecular flexibility index (Phi) is 4.78. The van der Waals surface area contributed by atoms with Crippen molar-refractivity contribution in [1.82, 2.24) is 0 Å². The second-order valence-electron chi connectivity index (χ2n) is 4.94. The fourth-order valence-corrected chi connectivity index (χ4v) is 3.36. The molecule has 2 rings (SSSR count). The van der Waals surface area contributed by atoms with Crippen LogP contribution in [0, 0.1) is 8.99 Å². The van der Waals surface area contributed by atoms with Crippen molar-refractivity contribution in [3.63, 3.8) is 0 Å². The number of anilines is 1. The van der Waals surface area contributed by atoms with E-state index in [9.17, 15) is 4.79 Å². The summed E-state index contributed by atoms with van der Waals surface area (Å²) in [5, 5.41) is 2.99. The van der Waals surface area contributed by atoms with Gasteiger partial charge >= 0.3 is 0 Å². The molecule has 0 aliphatic heterocycles. The molecule has 0 spiro atoms. The fourth-order valence-electron chi connectivity index (χ4n) is 2.55. The zero-order chi connectivity index (χ0) is 13.9. The normalized spacial score (nSPS) is 17.7. The van der Waals surface area contributed by atoms with E-state index in [0.717, 1.165) is 41.4 Å². The van der Waals surface area contributed by atoms with Gasteiger partial charge in [0.25, 0.3) is 0 Å². The fraction of sp³-hybridized carbons (Fsp3) is 0.429. The highest BCUT2D eigenvalue weighted by molar-refractivity contribution is 14.1. The van der Waals surface area contributed by atoms with Crippen LogP contribution in [0.3, 0.4) is 0 Å². The Balaban J connectivity index is 2.21. The van der Waals surface area contributed by atoms with Crippen molar-refractivity contribution in [2.45, 2.75) is 32.1 Å². The number of carbonyl (C=O) groups excluding carboxylic acids is 1. The maximum absolute atomic E-state index is 12.6. The molecule has 1 aromatic rings. The molecule has 3 nitrogen and oxygen atoms in total. The molecule has 1 aliphatic carbocycles. The van der Waals surface area contributed by atoms with Gasteiger partial charge in [-0.1, -0.05) is 43.6 Å². The standard InChI is InChI=1S/C14H17IN2OS/c15-10-6-2-3-7-11(10)17-13(18)14(12(16)19)8-4-1-5-9-14/h2-3,6-7H,1,4-5,8-9H2,(H2,16,19)(H,17,18). The van der Waals surface area contributed by atoms with E-state index in [1.807, 2.05) is 24.3 Å². The molecule has 5 heteroatoms. The van der Waals surface area contributed by atoms with Crippen LogP contribution in [0.5, 0.6) is 0 Å². The van der Waals surface area contributed by atoms with Crippen molar-refractivity contribution in [2.75, 3.05) is 5.32 Å². The predicted molar refractivity (Wildman–Crippen MR) is 90.1 cm³/mol. The number of rotatable bonds is 3. The van der Waals surface area contributed by atoms with Gasteiger partial charge in [-0.15, -0.1) is 0 Å². The molecule has 1 fully saturated rings. The molecule has 0 aromatic heterocycles. The number of carbonyl (C=O) groups is 1. The maximum atomic E-state index is 12.6. The van der Waals surface area contributed by atoms with Gasteiger partial charge in [0, 0.05) is 3.57 Å². The van der Waals surface area contributed by atoms with Crippen molar-refractivity contribution in [1.29, 1.82) is 0 Å². The minimum absolute atomic E-state index is 0.0520. The first kappa shape index (κ1) is 14.7. The summed E-state index contributed by atoms with van der Waals surface area (Å²) in [6.07, 6.45) is 4.70. The second-order valence-corrected chi connectivity index (χ2v) is 6.54. The van der Waals surface area contributed by atoms with E-state index in [4.69, 9.17) is 18.0 Å². The smallest absolute Gasteiger partial charge is 0.237 e.